The summed E-state index contributed by atoms with van der Waals surface area (Å²) in [5.74, 6) is -1.29. The first-order valence-electron chi connectivity index (χ1n) is 7.91. The van der Waals surface area contributed by atoms with Crippen molar-refractivity contribution in [1.29, 1.82) is 0 Å². The Labute approximate surface area is 153 Å². The van der Waals surface area contributed by atoms with Gasteiger partial charge in [0, 0.05) is 5.56 Å². The molecule has 0 atom stereocenters. The number of esters is 1. The lowest BCUT2D eigenvalue weighted by molar-refractivity contribution is -0.141. The molecule has 0 fully saturated rings. The number of carbonyl (C=O) groups excluding carboxylic acids is 2. The minimum absolute atomic E-state index is 0.110. The van der Waals surface area contributed by atoms with E-state index in [0.29, 0.717) is 20.6 Å². The number of rotatable bonds is 3. The monoisotopic (exact) mass is 372 g/mol. The fourth-order valence-electron chi connectivity index (χ4n) is 2.50. The molecule has 0 bridgehead atoms. The Bertz CT molecular complexity index is 1080. The molecule has 134 valence electrons. The van der Waals surface area contributed by atoms with Gasteiger partial charge in [-0.25, -0.2) is 4.39 Å². The van der Waals surface area contributed by atoms with Gasteiger partial charge in [-0.2, -0.15) is 4.99 Å². The zero-order valence-corrected chi connectivity index (χ0v) is 15.4. The number of nitrogens with zero attached hydrogens (tertiary/aromatic N) is 2. The second kappa shape index (κ2) is 7.21. The highest BCUT2D eigenvalue weighted by Crippen LogP contribution is 2.19. The molecule has 7 heteroatoms. The van der Waals surface area contributed by atoms with E-state index in [4.69, 9.17) is 4.74 Å². The van der Waals surface area contributed by atoms with Crippen LogP contribution in [-0.2, 0) is 16.1 Å². The van der Waals surface area contributed by atoms with Crippen molar-refractivity contribution in [3.63, 3.8) is 0 Å². The second-order valence-corrected chi connectivity index (χ2v) is 6.88. The van der Waals surface area contributed by atoms with Crippen LogP contribution in [0, 0.1) is 19.7 Å². The van der Waals surface area contributed by atoms with Crippen LogP contribution in [0.2, 0.25) is 0 Å². The zero-order valence-electron chi connectivity index (χ0n) is 14.6. The fraction of sp³-hybridized carbons (Fsp3) is 0.211. The number of fused-ring (bicyclic) bond motifs is 1. The summed E-state index contributed by atoms with van der Waals surface area (Å²) in [6, 6.07) is 9.57. The Morgan fingerprint density at radius 2 is 1.92 bits per heavy atom. The van der Waals surface area contributed by atoms with Gasteiger partial charge in [-0.3, -0.25) is 9.59 Å². The van der Waals surface area contributed by atoms with Crippen LogP contribution in [0.3, 0.4) is 0 Å². The van der Waals surface area contributed by atoms with Crippen LogP contribution in [0.15, 0.2) is 41.4 Å². The number of ether oxygens (including phenoxy) is 1. The molecule has 1 heterocycles. The average molecular weight is 372 g/mol. The van der Waals surface area contributed by atoms with Crippen LogP contribution in [0.4, 0.5) is 4.39 Å². The first kappa shape index (κ1) is 18.0. The Morgan fingerprint density at radius 1 is 1.15 bits per heavy atom. The summed E-state index contributed by atoms with van der Waals surface area (Å²) in [7, 11) is 1.29. The number of carbonyl (C=O) groups is 2. The van der Waals surface area contributed by atoms with E-state index in [-0.39, 0.29) is 6.54 Å². The first-order chi connectivity index (χ1) is 12.4. The van der Waals surface area contributed by atoms with E-state index in [1.54, 1.807) is 22.8 Å². The second-order valence-electron chi connectivity index (χ2n) is 5.87. The highest BCUT2D eigenvalue weighted by molar-refractivity contribution is 7.16. The van der Waals surface area contributed by atoms with Crippen molar-refractivity contribution >= 4 is 33.4 Å². The first-order valence-corrected chi connectivity index (χ1v) is 8.72. The molecular weight excluding hydrogens is 355 g/mol. The van der Waals surface area contributed by atoms with Gasteiger partial charge in [0.2, 0.25) is 0 Å². The number of amides is 1. The molecule has 0 saturated heterocycles. The molecule has 0 saturated carbocycles. The fourth-order valence-corrected chi connectivity index (χ4v) is 3.56. The molecule has 3 rings (SSSR count). The number of thiazole rings is 1. The number of benzene rings is 2. The van der Waals surface area contributed by atoms with Crippen LogP contribution < -0.4 is 4.80 Å². The van der Waals surface area contributed by atoms with Crippen molar-refractivity contribution in [2.75, 3.05) is 7.11 Å². The SMILES string of the molecule is COC(=O)Cn1c(=NC(=O)c2ccc(C)c(C)c2)sc2cc(F)ccc21. The summed E-state index contributed by atoms with van der Waals surface area (Å²) >= 11 is 1.15. The summed E-state index contributed by atoms with van der Waals surface area (Å²) < 4.78 is 20.4. The maximum atomic E-state index is 13.5. The predicted octanol–water partition coefficient (Wildman–Crippen LogP) is 3.37. The van der Waals surface area contributed by atoms with Gasteiger partial charge in [0.1, 0.15) is 12.4 Å². The third-order valence-electron chi connectivity index (χ3n) is 4.11. The van der Waals surface area contributed by atoms with E-state index in [9.17, 15) is 14.0 Å². The highest BCUT2D eigenvalue weighted by Gasteiger charge is 2.13. The molecule has 26 heavy (non-hydrogen) atoms. The summed E-state index contributed by atoms with van der Waals surface area (Å²) in [6.07, 6.45) is 0. The quantitative estimate of drug-likeness (QED) is 0.662. The molecule has 0 spiro atoms. The number of halogens is 1. The van der Waals surface area contributed by atoms with Gasteiger partial charge in [-0.15, -0.1) is 0 Å². The van der Waals surface area contributed by atoms with Crippen molar-refractivity contribution in [3.8, 4) is 0 Å². The third-order valence-corrected chi connectivity index (χ3v) is 5.15. The largest absolute Gasteiger partial charge is 0.468 e. The minimum Gasteiger partial charge on any atom is -0.468 e. The maximum absolute atomic E-state index is 13.5. The van der Waals surface area contributed by atoms with Crippen LogP contribution >= 0.6 is 11.3 Å². The summed E-state index contributed by atoms with van der Waals surface area (Å²) in [4.78, 5) is 28.8. The summed E-state index contributed by atoms with van der Waals surface area (Å²) in [5, 5.41) is 0. The number of aromatic nitrogens is 1. The van der Waals surface area contributed by atoms with Gasteiger partial charge in [0.05, 0.1) is 17.3 Å². The predicted molar refractivity (Wildman–Crippen MR) is 97.6 cm³/mol. The molecular formula is C19H17FN2O3S. The Balaban J connectivity index is 2.13. The van der Waals surface area contributed by atoms with E-state index in [1.807, 2.05) is 19.9 Å². The molecule has 0 aliphatic heterocycles. The number of hydrogen-bond donors (Lipinski definition) is 0. The Hall–Kier alpha value is -2.80. The van der Waals surface area contributed by atoms with Gasteiger partial charge < -0.3 is 9.30 Å². The van der Waals surface area contributed by atoms with Gasteiger partial charge in [-0.1, -0.05) is 17.4 Å². The molecule has 0 aliphatic carbocycles. The molecule has 5 nitrogen and oxygen atoms in total. The molecule has 0 radical (unpaired) electrons. The normalized spacial score (nSPS) is 11.8. The van der Waals surface area contributed by atoms with E-state index in [2.05, 4.69) is 4.99 Å². The van der Waals surface area contributed by atoms with Gasteiger partial charge >= 0.3 is 5.97 Å². The molecule has 0 unspecified atom stereocenters. The summed E-state index contributed by atoms with van der Waals surface area (Å²) in [5.41, 5.74) is 3.15. The number of methoxy groups -OCH3 is 1. The van der Waals surface area contributed by atoms with Crippen molar-refractivity contribution < 1.29 is 18.7 Å². The van der Waals surface area contributed by atoms with E-state index in [0.717, 1.165) is 22.5 Å². The Kier molecular flexibility index (Phi) is 4.99. The Morgan fingerprint density at radius 3 is 2.62 bits per heavy atom. The average Bonchev–Trinajstić information content (AvgIpc) is 2.93. The topological polar surface area (TPSA) is 60.7 Å². The van der Waals surface area contributed by atoms with Crippen LogP contribution in [0.5, 0.6) is 0 Å². The lowest BCUT2D eigenvalue weighted by atomic mass is 10.1. The van der Waals surface area contributed by atoms with Crippen LogP contribution in [-0.4, -0.2) is 23.6 Å². The molecule has 0 N–H and O–H groups in total. The lowest BCUT2D eigenvalue weighted by Gasteiger charge is -2.04. The maximum Gasteiger partial charge on any atom is 0.325 e. The van der Waals surface area contributed by atoms with E-state index < -0.39 is 17.7 Å². The van der Waals surface area contributed by atoms with Crippen molar-refractivity contribution in [1.82, 2.24) is 4.57 Å². The van der Waals surface area contributed by atoms with Crippen LogP contribution in [0.1, 0.15) is 21.5 Å². The summed E-state index contributed by atoms with van der Waals surface area (Å²) in [6.45, 7) is 3.78. The zero-order chi connectivity index (χ0) is 18.8. The molecule has 3 aromatic rings. The lowest BCUT2D eigenvalue weighted by Crippen LogP contribution is -2.22. The van der Waals surface area contributed by atoms with Gasteiger partial charge in [0.15, 0.2) is 4.80 Å². The third kappa shape index (κ3) is 3.57. The molecule has 1 amide bonds. The van der Waals surface area contributed by atoms with Crippen molar-refractivity contribution in [2.24, 2.45) is 4.99 Å². The van der Waals surface area contributed by atoms with Crippen molar-refractivity contribution in [2.45, 2.75) is 20.4 Å². The van der Waals surface area contributed by atoms with Crippen molar-refractivity contribution in [3.05, 3.63) is 63.7 Å². The smallest absolute Gasteiger partial charge is 0.325 e. The van der Waals surface area contributed by atoms with Gasteiger partial charge in [0.25, 0.3) is 5.91 Å². The highest BCUT2D eigenvalue weighted by atomic mass is 32.1. The van der Waals surface area contributed by atoms with E-state index >= 15 is 0 Å². The van der Waals surface area contributed by atoms with Gasteiger partial charge in [-0.05, 0) is 55.3 Å². The standard InChI is InChI=1S/C19H17FN2O3S/c1-11-4-5-13(8-12(11)2)18(24)21-19-22(10-17(23)25-3)15-7-6-14(20)9-16(15)26-19/h4-9H,10H2,1-3H3. The molecule has 0 aliphatic rings. The number of aryl methyl sites for hydroxylation is 2. The molecule has 2 aromatic carbocycles. The molecule has 1 aromatic heterocycles. The number of hydrogen-bond acceptors (Lipinski definition) is 4. The van der Waals surface area contributed by atoms with E-state index in [1.165, 1.54) is 19.2 Å². The van der Waals surface area contributed by atoms with Crippen LogP contribution in [0.25, 0.3) is 10.2 Å². The minimum atomic E-state index is -0.478.